The Morgan fingerprint density at radius 3 is 1.88 bits per heavy atom. The van der Waals surface area contributed by atoms with Gasteiger partial charge in [0.1, 0.15) is 18.1 Å². The summed E-state index contributed by atoms with van der Waals surface area (Å²) in [7, 11) is 0. The molecule has 224 valence electrons. The van der Waals surface area contributed by atoms with Crippen LogP contribution in [0.3, 0.4) is 0 Å². The number of rotatable bonds is 18. The average Bonchev–Trinajstić information content (AvgIpc) is 3.61. The minimum absolute atomic E-state index is 0.0145. The van der Waals surface area contributed by atoms with Crippen molar-refractivity contribution in [3.8, 4) is 0 Å². The van der Waals surface area contributed by atoms with Crippen LogP contribution in [0.1, 0.15) is 37.1 Å². The second-order valence-corrected chi connectivity index (χ2v) is 9.14. The second-order valence-electron chi connectivity index (χ2n) is 9.14. The first-order valence-corrected chi connectivity index (χ1v) is 12.6. The molecule has 2 rings (SSSR count). The van der Waals surface area contributed by atoms with Crippen molar-refractivity contribution in [2.24, 2.45) is 27.9 Å². The number of nitrogens with two attached hydrogens (primary N) is 4. The molecule has 0 spiro atoms. The molecule has 0 aliphatic heterocycles. The maximum absolute atomic E-state index is 13.3. The highest BCUT2D eigenvalue weighted by atomic mass is 16.4. The normalized spacial score (nSPS) is 13.7. The Balaban J connectivity index is 2.16. The molecule has 14 N–H and O–H groups in total. The van der Waals surface area contributed by atoms with Crippen LogP contribution in [-0.2, 0) is 36.8 Å². The molecule has 18 nitrogen and oxygen atoms in total. The lowest BCUT2D eigenvalue weighted by Gasteiger charge is -2.25. The minimum Gasteiger partial charge on any atom is -0.480 e. The number of carboxylic acids is 1. The van der Waals surface area contributed by atoms with E-state index in [0.29, 0.717) is 11.4 Å². The van der Waals surface area contributed by atoms with E-state index in [1.807, 2.05) is 0 Å². The Morgan fingerprint density at radius 1 is 0.829 bits per heavy atom. The highest BCUT2D eigenvalue weighted by Crippen LogP contribution is 2.06. The molecule has 0 aromatic carbocycles. The fraction of sp³-hybridized carbons (Fsp3) is 0.478. The Bertz CT molecular complexity index is 1180. The van der Waals surface area contributed by atoms with Crippen molar-refractivity contribution < 1.29 is 29.1 Å². The van der Waals surface area contributed by atoms with Crippen LogP contribution in [-0.4, -0.2) is 91.3 Å². The van der Waals surface area contributed by atoms with Gasteiger partial charge in [-0.15, -0.1) is 0 Å². The van der Waals surface area contributed by atoms with Crippen molar-refractivity contribution >= 4 is 35.6 Å². The number of primary amides is 1. The fourth-order valence-corrected chi connectivity index (χ4v) is 3.69. The summed E-state index contributed by atoms with van der Waals surface area (Å²) in [5, 5.41) is 17.0. The van der Waals surface area contributed by atoms with E-state index in [9.17, 15) is 29.1 Å². The van der Waals surface area contributed by atoms with Crippen molar-refractivity contribution in [2.45, 2.75) is 62.7 Å². The van der Waals surface area contributed by atoms with E-state index >= 15 is 0 Å². The van der Waals surface area contributed by atoms with Crippen LogP contribution in [0.25, 0.3) is 0 Å². The Labute approximate surface area is 234 Å². The number of nitrogens with one attached hydrogen (secondary N) is 5. The van der Waals surface area contributed by atoms with E-state index in [1.165, 1.54) is 25.0 Å². The Morgan fingerprint density at radius 2 is 1.37 bits per heavy atom. The number of nitrogens with zero attached hydrogens (tertiary/aromatic N) is 3. The number of carbonyl (C=O) groups excluding carboxylic acids is 4. The zero-order valence-electron chi connectivity index (χ0n) is 22.2. The van der Waals surface area contributed by atoms with Gasteiger partial charge >= 0.3 is 5.97 Å². The topological polar surface area (TPSA) is 315 Å². The number of hydrogen-bond acceptors (Lipinski definition) is 9. The molecule has 0 fully saturated rings. The van der Waals surface area contributed by atoms with Crippen LogP contribution in [0.5, 0.6) is 0 Å². The monoisotopic (exact) mass is 576 g/mol. The van der Waals surface area contributed by atoms with Crippen molar-refractivity contribution in [1.29, 1.82) is 0 Å². The largest absolute Gasteiger partial charge is 0.480 e. The van der Waals surface area contributed by atoms with Gasteiger partial charge in [-0.1, -0.05) is 0 Å². The van der Waals surface area contributed by atoms with Gasteiger partial charge < -0.3 is 54.0 Å². The molecule has 0 radical (unpaired) electrons. The molecule has 4 amide bonds. The second kappa shape index (κ2) is 16.2. The molecule has 2 aromatic rings. The van der Waals surface area contributed by atoms with Crippen molar-refractivity contribution in [3.63, 3.8) is 0 Å². The van der Waals surface area contributed by atoms with Gasteiger partial charge in [0, 0.05) is 49.6 Å². The van der Waals surface area contributed by atoms with Crippen molar-refractivity contribution in [1.82, 2.24) is 35.9 Å². The lowest BCUT2D eigenvalue weighted by Crippen LogP contribution is -2.57. The first kappa shape index (κ1) is 32.2. The predicted octanol–water partition coefficient (Wildman–Crippen LogP) is -3.90. The third-order valence-electron chi connectivity index (χ3n) is 5.82. The van der Waals surface area contributed by atoms with Gasteiger partial charge in [-0.3, -0.25) is 24.2 Å². The number of hydrogen-bond donors (Lipinski definition) is 10. The van der Waals surface area contributed by atoms with Crippen LogP contribution in [0, 0.1) is 0 Å². The first-order valence-electron chi connectivity index (χ1n) is 12.6. The van der Waals surface area contributed by atoms with Gasteiger partial charge in [0.05, 0.1) is 18.7 Å². The SMILES string of the molecule is NC(=O)CCC(NC(=O)C(N)Cc1cnc[nH]1)C(=O)NC(CCCN=C(N)N)C(=O)NC(Cc1cnc[nH]1)C(=O)O. The number of H-pyrrole nitrogens is 2. The highest BCUT2D eigenvalue weighted by molar-refractivity contribution is 5.94. The van der Waals surface area contributed by atoms with Gasteiger partial charge in [0.2, 0.25) is 23.6 Å². The van der Waals surface area contributed by atoms with Crippen LogP contribution in [0.2, 0.25) is 0 Å². The Kier molecular flexibility index (Phi) is 12.7. The summed E-state index contributed by atoms with van der Waals surface area (Å²) < 4.78 is 0. The minimum atomic E-state index is -1.34. The number of carboxylic acid groups (broad SMARTS) is 1. The zero-order chi connectivity index (χ0) is 30.4. The van der Waals surface area contributed by atoms with Gasteiger partial charge in [0.15, 0.2) is 5.96 Å². The lowest BCUT2D eigenvalue weighted by molar-refractivity contribution is -0.142. The third-order valence-corrected chi connectivity index (χ3v) is 5.82. The van der Waals surface area contributed by atoms with E-state index < -0.39 is 53.8 Å². The fourth-order valence-electron chi connectivity index (χ4n) is 3.69. The average molecular weight is 577 g/mol. The molecule has 2 heterocycles. The molecule has 0 aliphatic carbocycles. The van der Waals surface area contributed by atoms with Crippen molar-refractivity contribution in [2.75, 3.05) is 6.54 Å². The van der Waals surface area contributed by atoms with Crippen LogP contribution in [0.4, 0.5) is 0 Å². The van der Waals surface area contributed by atoms with Crippen LogP contribution in [0.15, 0.2) is 30.0 Å². The van der Waals surface area contributed by atoms with Gasteiger partial charge in [-0.25, -0.2) is 14.8 Å². The number of imidazole rings is 2. The molecular weight excluding hydrogens is 540 g/mol. The molecule has 41 heavy (non-hydrogen) atoms. The molecule has 0 saturated heterocycles. The third kappa shape index (κ3) is 11.7. The molecule has 0 aliphatic rings. The summed E-state index contributed by atoms with van der Waals surface area (Å²) in [4.78, 5) is 79.5. The summed E-state index contributed by atoms with van der Waals surface area (Å²) in [6.45, 7) is 0.128. The maximum atomic E-state index is 13.3. The van der Waals surface area contributed by atoms with Gasteiger partial charge in [-0.2, -0.15) is 0 Å². The molecular formula is C23H36N12O6. The maximum Gasteiger partial charge on any atom is 0.326 e. The smallest absolute Gasteiger partial charge is 0.326 e. The summed E-state index contributed by atoms with van der Waals surface area (Å²) >= 11 is 0. The van der Waals surface area contributed by atoms with E-state index in [1.54, 1.807) is 0 Å². The van der Waals surface area contributed by atoms with Crippen LogP contribution >= 0.6 is 0 Å². The number of aromatic nitrogens is 4. The number of carbonyl (C=O) groups is 5. The zero-order valence-corrected chi connectivity index (χ0v) is 22.2. The number of aliphatic imine (C=N–C) groups is 1. The summed E-state index contributed by atoms with van der Waals surface area (Å²) in [5.41, 5.74) is 22.9. The van der Waals surface area contributed by atoms with Crippen LogP contribution < -0.4 is 38.9 Å². The van der Waals surface area contributed by atoms with E-state index in [-0.39, 0.29) is 51.0 Å². The van der Waals surface area contributed by atoms with E-state index in [2.05, 4.69) is 40.9 Å². The number of aliphatic carboxylic acids is 1. The van der Waals surface area contributed by atoms with E-state index in [4.69, 9.17) is 22.9 Å². The molecule has 2 aromatic heterocycles. The molecule has 18 heteroatoms. The Hall–Kier alpha value is -5.00. The molecule has 0 saturated carbocycles. The van der Waals surface area contributed by atoms with Crippen molar-refractivity contribution in [3.05, 3.63) is 36.4 Å². The predicted molar refractivity (Wildman–Crippen MR) is 144 cm³/mol. The van der Waals surface area contributed by atoms with E-state index in [0.717, 1.165) is 0 Å². The molecule has 4 atom stereocenters. The summed E-state index contributed by atoms with van der Waals surface area (Å²) in [5.74, 6) is -4.49. The quantitative estimate of drug-likeness (QED) is 0.0464. The molecule has 4 unspecified atom stereocenters. The number of guanidine groups is 1. The standard InChI is InChI=1S/C23H36N12O6/c24-14(6-12-8-28-10-31-12)19(37)33-16(3-4-18(25)36)21(39)34-15(2-1-5-30-23(26)27)20(38)35-17(22(40)41)7-13-9-29-11-32-13/h8-11,14-17H,1-7,24H2,(H2,25,36)(H,28,31)(H,29,32)(H,33,37)(H,34,39)(H,35,38)(H,40,41)(H4,26,27,30). The molecule has 0 bridgehead atoms. The summed E-state index contributed by atoms with van der Waals surface area (Å²) in [6.07, 6.45) is 5.52. The summed E-state index contributed by atoms with van der Waals surface area (Å²) in [6, 6.07) is -4.93. The van der Waals surface area contributed by atoms with Gasteiger partial charge in [-0.05, 0) is 19.3 Å². The highest BCUT2D eigenvalue weighted by Gasteiger charge is 2.30. The number of aromatic amines is 2. The van der Waals surface area contributed by atoms with Gasteiger partial charge in [0.25, 0.3) is 0 Å². The number of amides is 4. The lowest BCUT2D eigenvalue weighted by atomic mass is 10.1. The first-order chi connectivity index (χ1) is 19.5.